The van der Waals surface area contributed by atoms with Crippen LogP contribution in [0.4, 0.5) is 0 Å². The lowest BCUT2D eigenvalue weighted by Gasteiger charge is -2.09. The van der Waals surface area contributed by atoms with E-state index in [0.717, 1.165) is 43.8 Å². The molecule has 0 saturated carbocycles. The summed E-state index contributed by atoms with van der Waals surface area (Å²) in [5.41, 5.74) is 0.811. The van der Waals surface area contributed by atoms with Crippen LogP contribution in [0, 0.1) is 5.92 Å². The van der Waals surface area contributed by atoms with Gasteiger partial charge in [-0.3, -0.25) is 4.79 Å². The van der Waals surface area contributed by atoms with Crippen molar-refractivity contribution in [3.05, 3.63) is 34.9 Å². The molecule has 1 aliphatic rings. The molecule has 0 bridgehead atoms. The largest absolute Gasteiger partial charge is 0.478 e. The third-order valence-electron chi connectivity index (χ3n) is 3.29. The molecule has 0 aliphatic heterocycles. The number of ketones is 1. The zero-order chi connectivity index (χ0) is 15.0. The summed E-state index contributed by atoms with van der Waals surface area (Å²) in [6.07, 6.45) is 12.0. The van der Waals surface area contributed by atoms with Crippen LogP contribution in [0.3, 0.4) is 0 Å². The Morgan fingerprint density at radius 1 is 1.40 bits per heavy atom. The maximum absolute atomic E-state index is 11.9. The topological polar surface area (TPSA) is 54.4 Å². The van der Waals surface area contributed by atoms with Crippen LogP contribution in [0.1, 0.15) is 45.4 Å². The van der Waals surface area contributed by atoms with Gasteiger partial charge in [-0.2, -0.15) is 0 Å². The van der Waals surface area contributed by atoms with Crippen LogP contribution in [-0.2, 0) is 9.59 Å². The van der Waals surface area contributed by atoms with E-state index < -0.39 is 5.97 Å². The Bertz CT molecular complexity index is 447. The fourth-order valence-electron chi connectivity index (χ4n) is 2.23. The number of hydrogen-bond donors (Lipinski definition) is 1. The van der Waals surface area contributed by atoms with E-state index in [9.17, 15) is 9.59 Å². The summed E-state index contributed by atoms with van der Waals surface area (Å²) in [4.78, 5) is 22.2. The molecule has 0 aromatic rings. The summed E-state index contributed by atoms with van der Waals surface area (Å²) in [7, 11) is 0. The third kappa shape index (κ3) is 5.33. The highest BCUT2D eigenvalue weighted by molar-refractivity contribution is 6.46. The summed E-state index contributed by atoms with van der Waals surface area (Å²) in [6, 6.07) is 0. The summed E-state index contributed by atoms with van der Waals surface area (Å²) in [5.74, 6) is -0.816. The molecule has 1 unspecified atom stereocenters. The highest BCUT2D eigenvalue weighted by atomic mass is 35.5. The Morgan fingerprint density at radius 3 is 2.80 bits per heavy atom. The zero-order valence-electron chi connectivity index (χ0n) is 11.8. The van der Waals surface area contributed by atoms with Crippen molar-refractivity contribution in [3.63, 3.8) is 0 Å². The van der Waals surface area contributed by atoms with Gasteiger partial charge in [-0.25, -0.2) is 4.79 Å². The Kier molecular flexibility index (Phi) is 7.31. The van der Waals surface area contributed by atoms with Crippen molar-refractivity contribution in [2.75, 3.05) is 0 Å². The smallest absolute Gasteiger partial charge is 0.327 e. The molecule has 0 fully saturated rings. The average Bonchev–Trinajstić information content (AvgIpc) is 2.67. The molecule has 0 aromatic heterocycles. The van der Waals surface area contributed by atoms with Gasteiger partial charge in [0.1, 0.15) is 0 Å². The minimum absolute atomic E-state index is 0.0474. The second kappa shape index (κ2) is 8.75. The molecule has 20 heavy (non-hydrogen) atoms. The number of carbonyl (C=O) groups is 2. The van der Waals surface area contributed by atoms with Crippen LogP contribution >= 0.6 is 11.6 Å². The first-order valence-corrected chi connectivity index (χ1v) is 7.45. The number of carboxylic acids is 1. The van der Waals surface area contributed by atoms with Gasteiger partial charge in [0.05, 0.1) is 5.03 Å². The van der Waals surface area contributed by atoms with Crippen molar-refractivity contribution in [2.45, 2.75) is 45.4 Å². The molecule has 1 rings (SSSR count). The van der Waals surface area contributed by atoms with E-state index in [1.807, 2.05) is 12.2 Å². The lowest BCUT2D eigenvalue weighted by molar-refractivity contribution is -0.131. The minimum Gasteiger partial charge on any atom is -0.478 e. The SMILES string of the molecule is CCCCC1C=C(Cl)C(=O)C1=CCCCC=CC(=O)O. The maximum atomic E-state index is 11.9. The van der Waals surface area contributed by atoms with Crippen LogP contribution in [0.2, 0.25) is 0 Å². The number of allylic oxidation sites excluding steroid dienone is 5. The van der Waals surface area contributed by atoms with E-state index in [1.54, 1.807) is 6.08 Å². The van der Waals surface area contributed by atoms with Gasteiger partial charge in [0.25, 0.3) is 0 Å². The number of carbonyl (C=O) groups excluding carboxylic acids is 1. The number of aliphatic carboxylic acids is 1. The zero-order valence-corrected chi connectivity index (χ0v) is 12.5. The van der Waals surface area contributed by atoms with Crippen molar-refractivity contribution in [1.29, 1.82) is 0 Å². The Hall–Kier alpha value is -1.35. The third-order valence-corrected chi connectivity index (χ3v) is 3.59. The highest BCUT2D eigenvalue weighted by Gasteiger charge is 2.27. The molecule has 1 atom stereocenters. The van der Waals surface area contributed by atoms with E-state index >= 15 is 0 Å². The molecule has 0 amide bonds. The van der Waals surface area contributed by atoms with Crippen molar-refractivity contribution in [1.82, 2.24) is 0 Å². The van der Waals surface area contributed by atoms with Gasteiger partial charge in [0.15, 0.2) is 5.78 Å². The van der Waals surface area contributed by atoms with Gasteiger partial charge in [-0.15, -0.1) is 0 Å². The predicted molar refractivity (Wildman–Crippen MR) is 80.7 cm³/mol. The molecule has 0 radical (unpaired) electrons. The molecule has 0 aromatic carbocycles. The van der Waals surface area contributed by atoms with E-state index in [2.05, 4.69) is 6.92 Å². The van der Waals surface area contributed by atoms with Gasteiger partial charge in [-0.1, -0.05) is 49.6 Å². The Labute approximate surface area is 125 Å². The Balaban J connectivity index is 2.48. The molecule has 1 N–H and O–H groups in total. The van der Waals surface area contributed by atoms with E-state index in [0.29, 0.717) is 11.5 Å². The lowest BCUT2D eigenvalue weighted by Crippen LogP contribution is -2.04. The van der Waals surface area contributed by atoms with E-state index in [1.165, 1.54) is 0 Å². The molecule has 4 heteroatoms. The summed E-state index contributed by atoms with van der Waals surface area (Å²) < 4.78 is 0. The molecule has 0 spiro atoms. The van der Waals surface area contributed by atoms with Crippen molar-refractivity contribution < 1.29 is 14.7 Å². The maximum Gasteiger partial charge on any atom is 0.327 e. The predicted octanol–water partition coefficient (Wildman–Crippen LogP) is 4.24. The van der Waals surface area contributed by atoms with Crippen molar-refractivity contribution in [3.8, 4) is 0 Å². The number of Topliss-reactive ketones (excluding diaryl/α,β-unsaturated/α-hetero) is 1. The molecular formula is C16H21ClO3. The first-order valence-electron chi connectivity index (χ1n) is 7.07. The molecule has 0 heterocycles. The monoisotopic (exact) mass is 296 g/mol. The van der Waals surface area contributed by atoms with Gasteiger partial charge in [0.2, 0.25) is 0 Å². The lowest BCUT2D eigenvalue weighted by atomic mass is 9.95. The second-order valence-corrected chi connectivity index (χ2v) is 5.33. The van der Waals surface area contributed by atoms with E-state index in [4.69, 9.17) is 16.7 Å². The van der Waals surface area contributed by atoms with Crippen LogP contribution in [-0.4, -0.2) is 16.9 Å². The summed E-state index contributed by atoms with van der Waals surface area (Å²) >= 11 is 5.92. The fourth-order valence-corrected chi connectivity index (χ4v) is 2.49. The normalized spacial score (nSPS) is 20.9. The second-order valence-electron chi connectivity index (χ2n) is 4.92. The molecular weight excluding hydrogens is 276 g/mol. The van der Waals surface area contributed by atoms with E-state index in [-0.39, 0.29) is 11.7 Å². The Morgan fingerprint density at radius 2 is 2.15 bits per heavy atom. The first kappa shape index (κ1) is 16.7. The number of unbranched alkanes of at least 4 members (excludes halogenated alkanes) is 3. The quantitative estimate of drug-likeness (QED) is 0.538. The molecule has 3 nitrogen and oxygen atoms in total. The number of rotatable bonds is 8. The summed E-state index contributed by atoms with van der Waals surface area (Å²) in [5, 5.41) is 8.79. The fraction of sp³-hybridized carbons (Fsp3) is 0.500. The number of halogens is 1. The standard InChI is InChI=1S/C16H21ClO3/c1-2-3-8-12-11-14(17)16(20)13(12)9-6-4-5-7-10-15(18)19/h7,9-12H,2-6,8H2,1H3,(H,18,19). The summed E-state index contributed by atoms with van der Waals surface area (Å²) in [6.45, 7) is 2.13. The van der Waals surface area contributed by atoms with Gasteiger partial charge in [-0.05, 0) is 25.7 Å². The van der Waals surface area contributed by atoms with Crippen molar-refractivity contribution in [2.24, 2.45) is 5.92 Å². The molecule has 1 aliphatic carbocycles. The molecule has 110 valence electrons. The van der Waals surface area contributed by atoms with Crippen LogP contribution in [0.5, 0.6) is 0 Å². The van der Waals surface area contributed by atoms with Gasteiger partial charge < -0.3 is 5.11 Å². The average molecular weight is 297 g/mol. The van der Waals surface area contributed by atoms with Crippen LogP contribution < -0.4 is 0 Å². The molecule has 0 saturated heterocycles. The number of carboxylic acid groups (broad SMARTS) is 1. The van der Waals surface area contributed by atoms with Gasteiger partial charge >= 0.3 is 5.97 Å². The van der Waals surface area contributed by atoms with Gasteiger partial charge in [0, 0.05) is 17.6 Å². The van der Waals surface area contributed by atoms with Crippen molar-refractivity contribution >= 4 is 23.4 Å². The van der Waals surface area contributed by atoms with Crippen LogP contribution in [0.15, 0.2) is 34.9 Å². The first-order chi connectivity index (χ1) is 9.56. The number of hydrogen-bond acceptors (Lipinski definition) is 2. The van der Waals surface area contributed by atoms with Crippen LogP contribution in [0.25, 0.3) is 0 Å². The highest BCUT2D eigenvalue weighted by Crippen LogP contribution is 2.33. The minimum atomic E-state index is -0.926.